The van der Waals surface area contributed by atoms with E-state index in [1.54, 1.807) is 5.57 Å². The molecule has 0 aromatic heterocycles. The summed E-state index contributed by atoms with van der Waals surface area (Å²) in [6.07, 6.45) is 10.7. The highest BCUT2D eigenvalue weighted by atomic mass is 16.7. The second-order valence-corrected chi connectivity index (χ2v) is 12.8. The Morgan fingerprint density at radius 1 is 1.11 bits per heavy atom. The Labute approximate surface area is 211 Å². The normalized spacial score (nSPS) is 47.5. The fraction of sp³-hybridized carbons (Fsp3) is 0.862. The first-order chi connectivity index (χ1) is 16.5. The summed E-state index contributed by atoms with van der Waals surface area (Å²) in [6.45, 7) is 8.27. The molecular formula is C29H45NO5. The van der Waals surface area contributed by atoms with Gasteiger partial charge in [0.1, 0.15) is 5.78 Å². The topological polar surface area (TPSA) is 65.1 Å². The van der Waals surface area contributed by atoms with Gasteiger partial charge >= 0.3 is 5.97 Å². The van der Waals surface area contributed by atoms with Crippen molar-refractivity contribution in [3.8, 4) is 0 Å². The maximum atomic E-state index is 12.7. The molecule has 0 aromatic carbocycles. The van der Waals surface area contributed by atoms with E-state index in [0.717, 1.165) is 51.4 Å². The van der Waals surface area contributed by atoms with Gasteiger partial charge in [0, 0.05) is 18.8 Å². The Hall–Kier alpha value is -1.24. The van der Waals surface area contributed by atoms with Gasteiger partial charge in [0.2, 0.25) is 0 Å². The van der Waals surface area contributed by atoms with E-state index in [2.05, 4.69) is 31.7 Å². The highest BCUT2D eigenvalue weighted by molar-refractivity contribution is 5.87. The maximum absolute atomic E-state index is 12.7. The van der Waals surface area contributed by atoms with Crippen molar-refractivity contribution in [3.63, 3.8) is 0 Å². The van der Waals surface area contributed by atoms with Gasteiger partial charge in [-0.15, -0.1) is 0 Å². The van der Waals surface area contributed by atoms with Crippen LogP contribution in [-0.4, -0.2) is 61.4 Å². The summed E-state index contributed by atoms with van der Waals surface area (Å²) in [5.74, 6) is 2.09. The molecule has 0 spiro atoms. The minimum absolute atomic E-state index is 0.0494. The largest absolute Gasteiger partial charge is 0.455 e. The van der Waals surface area contributed by atoms with E-state index in [1.165, 1.54) is 13.3 Å². The molecule has 1 aliphatic heterocycles. The summed E-state index contributed by atoms with van der Waals surface area (Å²) in [4.78, 5) is 26.7. The second kappa shape index (κ2) is 9.25. The number of fused-ring (bicyclic) bond motifs is 5. The molecule has 0 N–H and O–H groups in total. The van der Waals surface area contributed by atoms with Gasteiger partial charge in [0.25, 0.3) is 0 Å². The number of Topliss-reactive ketones (excluding diaryl/α,β-unsaturated/α-hetero) is 1. The lowest BCUT2D eigenvalue weighted by Gasteiger charge is -2.57. The molecule has 1 heterocycles. The first-order valence-corrected chi connectivity index (χ1v) is 13.9. The zero-order valence-electron chi connectivity index (χ0n) is 22.5. The minimum Gasteiger partial charge on any atom is -0.455 e. The molecule has 6 nitrogen and oxygen atoms in total. The van der Waals surface area contributed by atoms with Crippen LogP contribution in [0.5, 0.6) is 0 Å². The molecule has 0 amide bonds. The average molecular weight is 488 g/mol. The van der Waals surface area contributed by atoms with Crippen molar-refractivity contribution < 1.29 is 23.8 Å². The van der Waals surface area contributed by atoms with Gasteiger partial charge in [0.05, 0.1) is 18.2 Å². The number of hydrogen-bond donors (Lipinski definition) is 0. The smallest absolute Gasteiger partial charge is 0.303 e. The van der Waals surface area contributed by atoms with E-state index >= 15 is 0 Å². The van der Waals surface area contributed by atoms with Crippen molar-refractivity contribution in [1.82, 2.24) is 4.90 Å². The molecule has 5 aliphatic rings. The van der Waals surface area contributed by atoms with Gasteiger partial charge in [-0.25, -0.2) is 0 Å². The number of hydrogen-bond acceptors (Lipinski definition) is 6. The Bertz CT molecular complexity index is 884. The lowest BCUT2D eigenvalue weighted by atomic mass is 9.48. The van der Waals surface area contributed by atoms with E-state index in [0.29, 0.717) is 23.5 Å². The van der Waals surface area contributed by atoms with Crippen LogP contribution in [0.15, 0.2) is 11.6 Å². The fourth-order valence-corrected chi connectivity index (χ4v) is 8.66. The molecule has 4 fully saturated rings. The number of carbonyl (C=O) groups is 2. The van der Waals surface area contributed by atoms with E-state index in [4.69, 9.17) is 14.2 Å². The Balaban J connectivity index is 1.31. The van der Waals surface area contributed by atoms with Gasteiger partial charge in [-0.1, -0.05) is 25.5 Å². The van der Waals surface area contributed by atoms with E-state index < -0.39 is 12.4 Å². The molecule has 6 heteroatoms. The number of allylic oxidation sites excluding steroid dienone is 1. The van der Waals surface area contributed by atoms with Crippen molar-refractivity contribution in [2.45, 2.75) is 116 Å². The highest BCUT2D eigenvalue weighted by Crippen LogP contribution is 2.64. The van der Waals surface area contributed by atoms with Crippen molar-refractivity contribution in [2.75, 3.05) is 14.1 Å². The van der Waals surface area contributed by atoms with Crippen LogP contribution in [0.25, 0.3) is 0 Å². The Kier molecular flexibility index (Phi) is 6.72. The third kappa shape index (κ3) is 4.31. The van der Waals surface area contributed by atoms with Crippen LogP contribution in [-0.2, 0) is 23.8 Å². The molecule has 10 atom stereocenters. The lowest BCUT2D eigenvalue weighted by molar-refractivity contribution is -0.275. The van der Waals surface area contributed by atoms with Gasteiger partial charge in [-0.3, -0.25) is 9.59 Å². The summed E-state index contributed by atoms with van der Waals surface area (Å²) < 4.78 is 18.6. The van der Waals surface area contributed by atoms with Crippen LogP contribution < -0.4 is 0 Å². The van der Waals surface area contributed by atoms with Crippen molar-refractivity contribution >= 4 is 11.8 Å². The molecule has 196 valence electrons. The minimum atomic E-state index is -0.541. The van der Waals surface area contributed by atoms with Gasteiger partial charge in [-0.05, 0) is 95.6 Å². The fourth-order valence-electron chi connectivity index (χ4n) is 8.66. The predicted octanol–water partition coefficient (Wildman–Crippen LogP) is 4.90. The number of nitrogens with zero attached hydrogens (tertiary/aromatic N) is 1. The number of carbonyl (C=O) groups excluding carboxylic acids is 2. The SMILES string of the molecule is CC(=O)O[C@H]1[C@H](O[C@H]2CC[C@@]3(C)C(=CC[C@@H]4[C@@H]3CC[C@]3(C)C(=O)CC[C@@H]43)C2)O[C@H](C)C[C@@H]1N(C)C. The quantitative estimate of drug-likeness (QED) is 0.415. The summed E-state index contributed by atoms with van der Waals surface area (Å²) in [5.41, 5.74) is 1.67. The lowest BCUT2D eigenvalue weighted by Crippen LogP contribution is -2.57. The van der Waals surface area contributed by atoms with Crippen LogP contribution in [0.4, 0.5) is 0 Å². The Morgan fingerprint density at radius 3 is 2.54 bits per heavy atom. The van der Waals surface area contributed by atoms with Gasteiger partial charge < -0.3 is 19.1 Å². The van der Waals surface area contributed by atoms with E-state index in [9.17, 15) is 9.59 Å². The monoisotopic (exact) mass is 487 g/mol. The zero-order valence-corrected chi connectivity index (χ0v) is 22.5. The Morgan fingerprint density at radius 2 is 1.83 bits per heavy atom. The molecule has 5 rings (SSSR count). The summed E-state index contributed by atoms with van der Waals surface area (Å²) in [5, 5.41) is 0. The molecule has 3 saturated carbocycles. The number of ether oxygens (including phenoxy) is 3. The van der Waals surface area contributed by atoms with Crippen LogP contribution in [0.1, 0.15) is 85.5 Å². The van der Waals surface area contributed by atoms with Crippen LogP contribution in [0.2, 0.25) is 0 Å². The molecule has 0 unspecified atom stereocenters. The highest BCUT2D eigenvalue weighted by Gasteiger charge is 2.58. The molecule has 0 bridgehead atoms. The standard InChI is InChI=1S/C29H45NO5/c1-17-15-24(30(5)6)26(34-18(2)31)27(33-17)35-20-11-13-28(3)19(16-20)7-8-21-22-9-10-25(32)29(22,4)14-12-23(21)28/h7,17,20-24,26-27H,8-16H2,1-6H3/t17-,20+,21+,22+,23+,24+,26-,27+,28+,29+/m1/s1. The molecule has 35 heavy (non-hydrogen) atoms. The van der Waals surface area contributed by atoms with E-state index in [-0.39, 0.29) is 35.0 Å². The second-order valence-electron chi connectivity index (χ2n) is 12.8. The van der Waals surface area contributed by atoms with Crippen LogP contribution in [0.3, 0.4) is 0 Å². The van der Waals surface area contributed by atoms with Crippen molar-refractivity contribution in [2.24, 2.45) is 28.6 Å². The summed E-state index contributed by atoms with van der Waals surface area (Å²) in [7, 11) is 4.05. The van der Waals surface area contributed by atoms with Gasteiger partial charge in [-0.2, -0.15) is 0 Å². The van der Waals surface area contributed by atoms with Crippen molar-refractivity contribution in [3.05, 3.63) is 11.6 Å². The average Bonchev–Trinajstić information content (AvgIpc) is 3.09. The van der Waals surface area contributed by atoms with Gasteiger partial charge in [0.15, 0.2) is 12.4 Å². The van der Waals surface area contributed by atoms with Crippen molar-refractivity contribution in [1.29, 1.82) is 0 Å². The first-order valence-electron chi connectivity index (χ1n) is 13.9. The summed E-state index contributed by atoms with van der Waals surface area (Å²) >= 11 is 0. The third-order valence-electron chi connectivity index (χ3n) is 10.6. The predicted molar refractivity (Wildman–Crippen MR) is 134 cm³/mol. The molecule has 0 aromatic rings. The number of likely N-dealkylation sites (N-methyl/N-ethyl adjacent to an activating group) is 1. The molecule has 1 saturated heterocycles. The number of esters is 1. The third-order valence-corrected chi connectivity index (χ3v) is 10.6. The molecule has 4 aliphatic carbocycles. The first kappa shape index (κ1) is 25.4. The summed E-state index contributed by atoms with van der Waals surface area (Å²) in [6, 6.07) is 0.0711. The van der Waals surface area contributed by atoms with Crippen LogP contribution >= 0.6 is 0 Å². The van der Waals surface area contributed by atoms with Crippen LogP contribution in [0, 0.1) is 28.6 Å². The maximum Gasteiger partial charge on any atom is 0.303 e. The molecule has 0 radical (unpaired) electrons. The number of rotatable bonds is 4. The number of ketones is 1. The molecular weight excluding hydrogens is 442 g/mol. The zero-order chi connectivity index (χ0) is 25.1. The van der Waals surface area contributed by atoms with E-state index in [1.807, 2.05) is 14.1 Å².